The van der Waals surface area contributed by atoms with E-state index in [2.05, 4.69) is 52.0 Å². The Labute approximate surface area is 177 Å². The smallest absolute Gasteiger partial charge is 0.191 e. The first-order chi connectivity index (χ1) is 12.0. The van der Waals surface area contributed by atoms with E-state index in [9.17, 15) is 0 Å². The molecule has 26 heavy (non-hydrogen) atoms. The van der Waals surface area contributed by atoms with E-state index in [0.717, 1.165) is 36.2 Å². The lowest BCUT2D eigenvalue weighted by molar-refractivity contribution is 0.306. The lowest BCUT2D eigenvalue weighted by Gasteiger charge is -2.22. The Morgan fingerprint density at radius 2 is 2.15 bits per heavy atom. The minimum Gasteiger partial charge on any atom is -0.357 e. The monoisotopic (exact) mass is 491 g/mol. The molecular weight excluding hydrogens is 461 g/mol. The van der Waals surface area contributed by atoms with Gasteiger partial charge in [0.1, 0.15) is 0 Å². The van der Waals surface area contributed by atoms with Crippen molar-refractivity contribution in [1.29, 1.82) is 0 Å². The van der Waals surface area contributed by atoms with Gasteiger partial charge >= 0.3 is 0 Å². The predicted octanol–water partition coefficient (Wildman–Crippen LogP) is 2.20. The quantitative estimate of drug-likeness (QED) is 0.337. The molecule has 146 valence electrons. The van der Waals surface area contributed by atoms with Gasteiger partial charge in [-0.25, -0.2) is 4.98 Å². The molecule has 2 heterocycles. The highest BCUT2D eigenvalue weighted by atomic mass is 127. The third-order valence-electron chi connectivity index (χ3n) is 3.84. The first kappa shape index (κ1) is 22.8. The number of guanidine groups is 1. The minimum absolute atomic E-state index is 0. The van der Waals surface area contributed by atoms with Gasteiger partial charge in [0.2, 0.25) is 0 Å². The number of hydrogen-bond acceptors (Lipinski definition) is 5. The molecule has 0 aliphatic rings. The number of nitrogens with one attached hydrogen (secondary N) is 2. The van der Waals surface area contributed by atoms with Gasteiger partial charge in [0.05, 0.1) is 29.5 Å². The van der Waals surface area contributed by atoms with Gasteiger partial charge < -0.3 is 15.5 Å². The van der Waals surface area contributed by atoms with Crippen molar-refractivity contribution in [2.75, 3.05) is 33.7 Å². The molecule has 9 heteroatoms. The molecule has 2 aromatic heterocycles. The van der Waals surface area contributed by atoms with Crippen LogP contribution in [0.1, 0.15) is 29.2 Å². The molecule has 1 unspecified atom stereocenters. The van der Waals surface area contributed by atoms with E-state index in [4.69, 9.17) is 4.99 Å². The molecule has 7 nitrogen and oxygen atoms in total. The largest absolute Gasteiger partial charge is 0.357 e. The van der Waals surface area contributed by atoms with Crippen LogP contribution in [-0.2, 0) is 13.5 Å². The van der Waals surface area contributed by atoms with Gasteiger partial charge in [0.15, 0.2) is 5.96 Å². The van der Waals surface area contributed by atoms with Crippen LogP contribution in [0.3, 0.4) is 0 Å². The molecule has 0 aromatic carbocycles. The van der Waals surface area contributed by atoms with Gasteiger partial charge in [0.25, 0.3) is 0 Å². The molecule has 2 rings (SSSR count). The highest BCUT2D eigenvalue weighted by Gasteiger charge is 2.15. The molecule has 0 aliphatic carbocycles. The van der Waals surface area contributed by atoms with Crippen LogP contribution in [0.15, 0.2) is 22.8 Å². The van der Waals surface area contributed by atoms with Crippen molar-refractivity contribution >= 4 is 41.3 Å². The Bertz CT molecular complexity index is 680. The van der Waals surface area contributed by atoms with Crippen molar-refractivity contribution < 1.29 is 0 Å². The normalized spacial score (nSPS) is 12.8. The van der Waals surface area contributed by atoms with Gasteiger partial charge in [0, 0.05) is 43.7 Å². The molecule has 2 N–H and O–H groups in total. The fraction of sp³-hybridized carbons (Fsp3) is 0.588. The number of aromatic nitrogens is 3. The first-order valence-corrected chi connectivity index (χ1v) is 9.45. The Hall–Kier alpha value is -1.20. The number of thiazole rings is 1. The molecule has 0 spiro atoms. The maximum absolute atomic E-state index is 4.76. The second kappa shape index (κ2) is 11.5. The number of aryl methyl sites for hydroxylation is 2. The van der Waals surface area contributed by atoms with E-state index in [1.165, 1.54) is 5.56 Å². The SMILES string of the molecule is CCNC(=NCC(c1cnn(C)c1)N(C)C)NCCc1csc(C)n1.I. The number of rotatable bonds is 8. The van der Waals surface area contributed by atoms with Crippen molar-refractivity contribution in [3.63, 3.8) is 0 Å². The summed E-state index contributed by atoms with van der Waals surface area (Å²) in [7, 11) is 6.07. The van der Waals surface area contributed by atoms with Crippen molar-refractivity contribution in [3.8, 4) is 0 Å². The zero-order valence-corrected chi connectivity index (χ0v) is 19.3. The lowest BCUT2D eigenvalue weighted by Crippen LogP contribution is -2.39. The van der Waals surface area contributed by atoms with Crippen LogP contribution >= 0.6 is 35.3 Å². The number of nitrogens with zero attached hydrogens (tertiary/aromatic N) is 5. The second-order valence-corrected chi connectivity index (χ2v) is 7.24. The van der Waals surface area contributed by atoms with Gasteiger partial charge in [-0.2, -0.15) is 5.10 Å². The second-order valence-electron chi connectivity index (χ2n) is 6.18. The van der Waals surface area contributed by atoms with Gasteiger partial charge in [-0.15, -0.1) is 35.3 Å². The predicted molar refractivity (Wildman–Crippen MR) is 120 cm³/mol. The molecule has 0 bridgehead atoms. The Kier molecular flexibility index (Phi) is 10.1. The Morgan fingerprint density at radius 3 is 2.69 bits per heavy atom. The summed E-state index contributed by atoms with van der Waals surface area (Å²) in [5.74, 6) is 0.838. The molecule has 0 saturated heterocycles. The molecule has 2 aromatic rings. The van der Waals surface area contributed by atoms with Gasteiger partial charge in [-0.3, -0.25) is 9.67 Å². The molecule has 0 aliphatic heterocycles. The van der Waals surface area contributed by atoms with Crippen LogP contribution in [0.25, 0.3) is 0 Å². The molecular formula is C17H30IN7S. The van der Waals surface area contributed by atoms with Crippen LogP contribution in [-0.4, -0.2) is 59.4 Å². The van der Waals surface area contributed by atoms with Crippen LogP contribution < -0.4 is 10.6 Å². The topological polar surface area (TPSA) is 70.4 Å². The highest BCUT2D eigenvalue weighted by Crippen LogP contribution is 2.17. The van der Waals surface area contributed by atoms with E-state index >= 15 is 0 Å². The van der Waals surface area contributed by atoms with E-state index in [0.29, 0.717) is 6.54 Å². The maximum atomic E-state index is 4.76. The maximum Gasteiger partial charge on any atom is 0.191 e. The van der Waals surface area contributed by atoms with Crippen molar-refractivity contribution in [1.82, 2.24) is 30.3 Å². The van der Waals surface area contributed by atoms with E-state index in [1.807, 2.05) is 31.0 Å². The fourth-order valence-electron chi connectivity index (χ4n) is 2.53. The van der Waals surface area contributed by atoms with Crippen LogP contribution in [0.2, 0.25) is 0 Å². The molecule has 0 fully saturated rings. The summed E-state index contributed by atoms with van der Waals surface area (Å²) in [4.78, 5) is 11.4. The summed E-state index contributed by atoms with van der Waals surface area (Å²) < 4.78 is 1.83. The summed E-state index contributed by atoms with van der Waals surface area (Å²) in [6.45, 7) is 6.43. The lowest BCUT2D eigenvalue weighted by atomic mass is 10.1. The highest BCUT2D eigenvalue weighted by molar-refractivity contribution is 14.0. The molecule has 0 radical (unpaired) electrons. The number of likely N-dealkylation sites (N-methyl/N-ethyl adjacent to an activating group) is 1. The number of halogens is 1. The number of aliphatic imine (C=N–C) groups is 1. The van der Waals surface area contributed by atoms with Crippen molar-refractivity contribution in [2.45, 2.75) is 26.3 Å². The zero-order valence-electron chi connectivity index (χ0n) is 16.2. The summed E-state index contributed by atoms with van der Waals surface area (Å²) in [6.07, 6.45) is 4.85. The standard InChI is InChI=1S/C17H29N7S.HI/c1-6-18-17(19-8-7-15-12-25-13(2)22-15)20-10-16(23(3)4)14-9-21-24(5)11-14;/h9,11-12,16H,6-8,10H2,1-5H3,(H2,18,19,20);1H. The summed E-state index contributed by atoms with van der Waals surface area (Å²) in [5, 5.41) is 14.2. The number of hydrogen-bond donors (Lipinski definition) is 2. The zero-order chi connectivity index (χ0) is 18.2. The fourth-order valence-corrected chi connectivity index (χ4v) is 3.18. The van der Waals surface area contributed by atoms with Crippen molar-refractivity contribution in [3.05, 3.63) is 34.0 Å². The molecule has 1 atom stereocenters. The summed E-state index contributed by atoms with van der Waals surface area (Å²) >= 11 is 1.69. The third kappa shape index (κ3) is 7.20. The van der Waals surface area contributed by atoms with E-state index < -0.39 is 0 Å². The Morgan fingerprint density at radius 1 is 1.38 bits per heavy atom. The van der Waals surface area contributed by atoms with E-state index in [1.54, 1.807) is 11.3 Å². The van der Waals surface area contributed by atoms with Crippen LogP contribution in [0.5, 0.6) is 0 Å². The summed E-state index contributed by atoms with van der Waals surface area (Å²) in [6, 6.07) is 0.199. The summed E-state index contributed by atoms with van der Waals surface area (Å²) in [5.41, 5.74) is 2.30. The average Bonchev–Trinajstić information content (AvgIpc) is 3.16. The first-order valence-electron chi connectivity index (χ1n) is 8.57. The minimum atomic E-state index is 0. The van der Waals surface area contributed by atoms with E-state index in [-0.39, 0.29) is 30.0 Å². The Balaban J connectivity index is 0.00000338. The van der Waals surface area contributed by atoms with Gasteiger partial charge in [-0.05, 0) is 27.9 Å². The van der Waals surface area contributed by atoms with Crippen molar-refractivity contribution in [2.24, 2.45) is 12.0 Å². The molecule has 0 saturated carbocycles. The third-order valence-corrected chi connectivity index (χ3v) is 4.66. The molecule has 0 amide bonds. The van der Waals surface area contributed by atoms with Gasteiger partial charge in [-0.1, -0.05) is 0 Å². The van der Waals surface area contributed by atoms with Crippen LogP contribution in [0.4, 0.5) is 0 Å². The average molecular weight is 491 g/mol. The van der Waals surface area contributed by atoms with Crippen LogP contribution in [0, 0.1) is 6.92 Å².